The number of ether oxygens (including phenoxy) is 2. The topological polar surface area (TPSA) is 35.5 Å². The van der Waals surface area contributed by atoms with E-state index in [0.717, 1.165) is 0 Å². The van der Waals surface area contributed by atoms with Gasteiger partial charge in [0.05, 0.1) is 13.2 Å². The summed E-state index contributed by atoms with van der Waals surface area (Å²) in [6.07, 6.45) is 0. The zero-order valence-electron chi connectivity index (χ0n) is 12.1. The lowest BCUT2D eigenvalue weighted by Gasteiger charge is -2.12. The van der Waals surface area contributed by atoms with E-state index in [-0.39, 0.29) is 5.78 Å². The summed E-state index contributed by atoms with van der Waals surface area (Å²) in [5, 5.41) is 0. The molecule has 0 aromatic heterocycles. The van der Waals surface area contributed by atoms with Gasteiger partial charge in [0.15, 0.2) is 17.3 Å². The molecule has 110 valence electrons. The maximum Gasteiger partial charge on any atom is 0.193 e. The Hall–Kier alpha value is -2.36. The van der Waals surface area contributed by atoms with Crippen LogP contribution in [0.2, 0.25) is 0 Å². The van der Waals surface area contributed by atoms with Gasteiger partial charge in [0.1, 0.15) is 5.82 Å². The Morgan fingerprint density at radius 1 is 0.952 bits per heavy atom. The molecule has 0 radical (unpaired) electrons. The number of carbonyl (C=O) groups excluding carboxylic acids is 1. The molecule has 0 bridgehead atoms. The van der Waals surface area contributed by atoms with Gasteiger partial charge in [-0.2, -0.15) is 0 Å². The lowest BCUT2D eigenvalue weighted by molar-refractivity contribution is 0.103. The fourth-order valence-corrected chi connectivity index (χ4v) is 1.99. The summed E-state index contributed by atoms with van der Waals surface area (Å²) < 4.78 is 24.2. The second-order valence-electron chi connectivity index (χ2n) is 4.37. The summed E-state index contributed by atoms with van der Waals surface area (Å²) >= 11 is 0. The number of carbonyl (C=O) groups is 1. The fourth-order valence-electron chi connectivity index (χ4n) is 1.99. The normalized spacial score (nSPS) is 10.2. The molecule has 2 aromatic rings. The summed E-state index contributed by atoms with van der Waals surface area (Å²) in [4.78, 5) is 12.4. The Labute approximate surface area is 123 Å². The molecule has 0 amide bonds. The molecule has 0 N–H and O–H groups in total. The van der Waals surface area contributed by atoms with E-state index in [9.17, 15) is 9.18 Å². The molecule has 0 atom stereocenters. The number of ketones is 1. The Balaban J connectivity index is 2.35. The first-order valence-corrected chi connectivity index (χ1v) is 6.85. The van der Waals surface area contributed by atoms with Crippen molar-refractivity contribution >= 4 is 5.78 Å². The van der Waals surface area contributed by atoms with Crippen LogP contribution in [0.4, 0.5) is 4.39 Å². The average Bonchev–Trinajstić information content (AvgIpc) is 2.49. The minimum absolute atomic E-state index is 0.251. The summed E-state index contributed by atoms with van der Waals surface area (Å²) in [7, 11) is 0. The van der Waals surface area contributed by atoms with Gasteiger partial charge in [-0.1, -0.05) is 12.1 Å². The molecule has 0 fully saturated rings. The van der Waals surface area contributed by atoms with Gasteiger partial charge in [0, 0.05) is 11.1 Å². The Bertz CT molecular complexity index is 638. The highest BCUT2D eigenvalue weighted by Gasteiger charge is 2.13. The van der Waals surface area contributed by atoms with E-state index >= 15 is 0 Å². The molecule has 3 nitrogen and oxygen atoms in total. The number of rotatable bonds is 6. The molecule has 0 saturated heterocycles. The third-order valence-corrected chi connectivity index (χ3v) is 2.89. The van der Waals surface area contributed by atoms with E-state index in [0.29, 0.717) is 35.8 Å². The van der Waals surface area contributed by atoms with Gasteiger partial charge in [-0.05, 0) is 44.2 Å². The molecule has 2 aromatic carbocycles. The van der Waals surface area contributed by atoms with Crippen molar-refractivity contribution in [3.05, 3.63) is 59.4 Å². The Morgan fingerprint density at radius 3 is 2.29 bits per heavy atom. The second-order valence-corrected chi connectivity index (χ2v) is 4.37. The Kier molecular flexibility index (Phi) is 4.93. The smallest absolute Gasteiger partial charge is 0.193 e. The quantitative estimate of drug-likeness (QED) is 0.757. The zero-order valence-corrected chi connectivity index (χ0v) is 12.1. The highest BCUT2D eigenvalue weighted by molar-refractivity contribution is 6.09. The number of halogens is 1. The van der Waals surface area contributed by atoms with Crippen LogP contribution in [0.1, 0.15) is 29.8 Å². The highest BCUT2D eigenvalue weighted by Crippen LogP contribution is 2.29. The van der Waals surface area contributed by atoms with Crippen molar-refractivity contribution in [3.8, 4) is 11.5 Å². The maximum absolute atomic E-state index is 13.2. The van der Waals surface area contributed by atoms with Crippen LogP contribution in [0.25, 0.3) is 0 Å². The van der Waals surface area contributed by atoms with Crippen LogP contribution in [-0.2, 0) is 0 Å². The molecule has 0 aliphatic heterocycles. The van der Waals surface area contributed by atoms with Crippen LogP contribution in [0.3, 0.4) is 0 Å². The minimum Gasteiger partial charge on any atom is -0.490 e. The van der Waals surface area contributed by atoms with E-state index in [4.69, 9.17) is 9.47 Å². The largest absolute Gasteiger partial charge is 0.490 e. The van der Waals surface area contributed by atoms with Crippen molar-refractivity contribution in [2.75, 3.05) is 13.2 Å². The van der Waals surface area contributed by atoms with Gasteiger partial charge in [-0.3, -0.25) is 4.79 Å². The first-order chi connectivity index (χ1) is 10.2. The fraction of sp³-hybridized carbons (Fsp3) is 0.235. The summed E-state index contributed by atoms with van der Waals surface area (Å²) in [6.45, 7) is 4.72. The first-order valence-electron chi connectivity index (χ1n) is 6.85. The van der Waals surface area contributed by atoms with Crippen LogP contribution in [0, 0.1) is 5.82 Å². The van der Waals surface area contributed by atoms with Gasteiger partial charge >= 0.3 is 0 Å². The Morgan fingerprint density at radius 2 is 1.62 bits per heavy atom. The summed E-state index contributed by atoms with van der Waals surface area (Å²) in [5.74, 6) is 0.423. The van der Waals surface area contributed by atoms with E-state index in [1.54, 1.807) is 24.3 Å². The van der Waals surface area contributed by atoms with Crippen LogP contribution in [0.15, 0.2) is 42.5 Å². The van der Waals surface area contributed by atoms with Gasteiger partial charge in [-0.15, -0.1) is 0 Å². The molecular formula is C17H17FO3. The monoisotopic (exact) mass is 288 g/mol. The summed E-state index contributed by atoms with van der Waals surface area (Å²) in [6, 6.07) is 10.6. The predicted octanol–water partition coefficient (Wildman–Crippen LogP) is 3.85. The van der Waals surface area contributed by atoms with Crippen LogP contribution >= 0.6 is 0 Å². The molecule has 0 spiro atoms. The van der Waals surface area contributed by atoms with Crippen LogP contribution in [-0.4, -0.2) is 19.0 Å². The van der Waals surface area contributed by atoms with Gasteiger partial charge in [0.25, 0.3) is 0 Å². The molecule has 2 rings (SSSR count). The van der Waals surface area contributed by atoms with E-state index in [2.05, 4.69) is 0 Å². The van der Waals surface area contributed by atoms with Crippen molar-refractivity contribution < 1.29 is 18.7 Å². The molecule has 4 heteroatoms. The molecule has 0 heterocycles. The SMILES string of the molecule is CCOc1ccc(C(=O)c2cccc(F)c2)cc1OCC. The minimum atomic E-state index is -0.434. The van der Waals surface area contributed by atoms with E-state index < -0.39 is 5.82 Å². The number of benzene rings is 2. The average molecular weight is 288 g/mol. The van der Waals surface area contributed by atoms with E-state index in [1.165, 1.54) is 18.2 Å². The number of hydrogen-bond donors (Lipinski definition) is 0. The van der Waals surface area contributed by atoms with Crippen LogP contribution in [0.5, 0.6) is 11.5 Å². The molecule has 0 aliphatic rings. The number of hydrogen-bond acceptors (Lipinski definition) is 3. The molecule has 0 aliphatic carbocycles. The second kappa shape index (κ2) is 6.88. The highest BCUT2D eigenvalue weighted by atomic mass is 19.1. The van der Waals surface area contributed by atoms with Gasteiger partial charge in [0.2, 0.25) is 0 Å². The van der Waals surface area contributed by atoms with Crippen molar-refractivity contribution in [3.63, 3.8) is 0 Å². The lowest BCUT2D eigenvalue weighted by atomic mass is 10.0. The molecule has 0 saturated carbocycles. The van der Waals surface area contributed by atoms with E-state index in [1.807, 2.05) is 13.8 Å². The van der Waals surface area contributed by atoms with Crippen molar-refractivity contribution in [1.82, 2.24) is 0 Å². The third kappa shape index (κ3) is 3.60. The predicted molar refractivity (Wildman–Crippen MR) is 78.6 cm³/mol. The molecular weight excluding hydrogens is 271 g/mol. The van der Waals surface area contributed by atoms with Crippen LogP contribution < -0.4 is 9.47 Å². The molecule has 21 heavy (non-hydrogen) atoms. The first kappa shape index (κ1) is 15.0. The third-order valence-electron chi connectivity index (χ3n) is 2.89. The summed E-state index contributed by atoms with van der Waals surface area (Å²) in [5.41, 5.74) is 0.745. The van der Waals surface area contributed by atoms with Gasteiger partial charge in [-0.25, -0.2) is 4.39 Å². The lowest BCUT2D eigenvalue weighted by Crippen LogP contribution is -2.04. The zero-order chi connectivity index (χ0) is 15.2. The van der Waals surface area contributed by atoms with Crippen molar-refractivity contribution in [2.24, 2.45) is 0 Å². The maximum atomic E-state index is 13.2. The standard InChI is InChI=1S/C17H17FO3/c1-3-20-15-9-8-13(11-16(15)21-4-2)17(19)12-6-5-7-14(18)10-12/h5-11H,3-4H2,1-2H3. The van der Waals surface area contributed by atoms with Crippen molar-refractivity contribution in [1.29, 1.82) is 0 Å². The van der Waals surface area contributed by atoms with Gasteiger partial charge < -0.3 is 9.47 Å². The van der Waals surface area contributed by atoms with Crippen molar-refractivity contribution in [2.45, 2.75) is 13.8 Å². The molecule has 0 unspecified atom stereocenters.